The molecule has 0 radical (unpaired) electrons. The highest BCUT2D eigenvalue weighted by Gasteiger charge is 2.30. The molecular formula is C12H22O2. The van der Waals surface area contributed by atoms with Gasteiger partial charge in [0, 0.05) is 6.61 Å². The van der Waals surface area contributed by atoms with Gasteiger partial charge in [0.25, 0.3) is 0 Å². The minimum Gasteiger partial charge on any atom is -0.393 e. The van der Waals surface area contributed by atoms with Crippen molar-refractivity contribution in [2.45, 2.75) is 51.7 Å². The molecule has 14 heavy (non-hydrogen) atoms. The maximum absolute atomic E-state index is 9.67. The number of ether oxygens (including phenoxy) is 1. The predicted octanol–water partition coefficient (Wildman–Crippen LogP) is 2.52. The SMILES string of the molecule is C=C(C)CC(O)CC1CC(OCC)C1. The summed E-state index contributed by atoms with van der Waals surface area (Å²) in [6.45, 7) is 8.61. The molecule has 1 atom stereocenters. The standard InChI is InChI=1S/C12H22O2/c1-4-14-12-7-10(8-12)6-11(13)5-9(2)3/h10-13H,2,4-8H2,1,3H3. The van der Waals surface area contributed by atoms with E-state index in [1.807, 2.05) is 13.8 Å². The summed E-state index contributed by atoms with van der Waals surface area (Å²) in [4.78, 5) is 0. The van der Waals surface area contributed by atoms with Crippen LogP contribution in [0.2, 0.25) is 0 Å². The molecule has 1 unspecified atom stereocenters. The molecule has 0 aliphatic heterocycles. The van der Waals surface area contributed by atoms with Gasteiger partial charge in [-0.15, -0.1) is 6.58 Å². The normalized spacial score (nSPS) is 28.2. The molecule has 0 saturated heterocycles. The number of hydrogen-bond donors (Lipinski definition) is 1. The van der Waals surface area contributed by atoms with E-state index in [1.54, 1.807) is 0 Å². The lowest BCUT2D eigenvalue weighted by atomic mass is 9.78. The second kappa shape index (κ2) is 5.52. The third-order valence-corrected chi connectivity index (χ3v) is 2.78. The molecule has 0 aromatic carbocycles. The fourth-order valence-corrected chi connectivity index (χ4v) is 2.11. The summed E-state index contributed by atoms with van der Waals surface area (Å²) in [6.07, 6.45) is 4.18. The first kappa shape index (κ1) is 11.7. The Hall–Kier alpha value is -0.340. The second-order valence-electron chi connectivity index (χ2n) is 4.47. The Kier molecular flexibility index (Phi) is 4.63. The van der Waals surface area contributed by atoms with Gasteiger partial charge in [-0.2, -0.15) is 0 Å². The molecule has 1 aliphatic rings. The van der Waals surface area contributed by atoms with Gasteiger partial charge in [-0.25, -0.2) is 0 Å². The molecule has 0 spiro atoms. The number of hydrogen-bond acceptors (Lipinski definition) is 2. The molecule has 1 fully saturated rings. The van der Waals surface area contributed by atoms with Crippen LogP contribution in [0.25, 0.3) is 0 Å². The zero-order chi connectivity index (χ0) is 10.6. The highest BCUT2D eigenvalue weighted by atomic mass is 16.5. The number of aliphatic hydroxyl groups is 1. The van der Waals surface area contributed by atoms with Crippen molar-refractivity contribution in [3.05, 3.63) is 12.2 Å². The van der Waals surface area contributed by atoms with Gasteiger partial charge >= 0.3 is 0 Å². The van der Waals surface area contributed by atoms with E-state index >= 15 is 0 Å². The van der Waals surface area contributed by atoms with Gasteiger partial charge in [-0.1, -0.05) is 5.57 Å². The second-order valence-corrected chi connectivity index (χ2v) is 4.47. The van der Waals surface area contributed by atoms with Crippen molar-refractivity contribution in [3.8, 4) is 0 Å². The van der Waals surface area contributed by atoms with Crippen LogP contribution in [0.5, 0.6) is 0 Å². The summed E-state index contributed by atoms with van der Waals surface area (Å²) in [5, 5.41) is 9.67. The first-order valence-corrected chi connectivity index (χ1v) is 5.55. The third kappa shape index (κ3) is 3.81. The Morgan fingerprint density at radius 3 is 2.71 bits per heavy atom. The monoisotopic (exact) mass is 198 g/mol. The number of aliphatic hydroxyl groups excluding tert-OH is 1. The third-order valence-electron chi connectivity index (χ3n) is 2.78. The largest absolute Gasteiger partial charge is 0.393 e. The Morgan fingerprint density at radius 1 is 1.57 bits per heavy atom. The topological polar surface area (TPSA) is 29.5 Å². The number of rotatable bonds is 6. The maximum Gasteiger partial charge on any atom is 0.0580 e. The highest BCUT2D eigenvalue weighted by molar-refractivity contribution is 4.92. The minimum absolute atomic E-state index is 0.194. The van der Waals surface area contributed by atoms with Crippen LogP contribution in [-0.4, -0.2) is 23.9 Å². The molecule has 2 heteroatoms. The van der Waals surface area contributed by atoms with Crippen LogP contribution in [0.3, 0.4) is 0 Å². The molecule has 0 aromatic heterocycles. The van der Waals surface area contributed by atoms with E-state index in [9.17, 15) is 5.11 Å². The van der Waals surface area contributed by atoms with Gasteiger partial charge in [0.15, 0.2) is 0 Å². The molecule has 82 valence electrons. The van der Waals surface area contributed by atoms with Crippen molar-refractivity contribution in [3.63, 3.8) is 0 Å². The molecule has 2 nitrogen and oxygen atoms in total. The van der Waals surface area contributed by atoms with Crippen LogP contribution in [0.1, 0.15) is 39.5 Å². The maximum atomic E-state index is 9.67. The molecule has 1 N–H and O–H groups in total. The Bertz CT molecular complexity index is 183. The van der Waals surface area contributed by atoms with E-state index in [-0.39, 0.29) is 6.10 Å². The summed E-state index contributed by atoms with van der Waals surface area (Å²) in [5.41, 5.74) is 1.07. The van der Waals surface area contributed by atoms with Crippen molar-refractivity contribution in [2.24, 2.45) is 5.92 Å². The Morgan fingerprint density at radius 2 is 2.21 bits per heavy atom. The van der Waals surface area contributed by atoms with E-state index in [4.69, 9.17) is 4.74 Å². The van der Waals surface area contributed by atoms with E-state index in [0.717, 1.165) is 37.9 Å². The molecule has 1 aliphatic carbocycles. The van der Waals surface area contributed by atoms with Gasteiger partial charge in [0.2, 0.25) is 0 Å². The average molecular weight is 198 g/mol. The summed E-state index contributed by atoms with van der Waals surface area (Å²) in [5.74, 6) is 0.667. The summed E-state index contributed by atoms with van der Waals surface area (Å²) in [7, 11) is 0. The molecular weight excluding hydrogens is 176 g/mol. The van der Waals surface area contributed by atoms with Crippen molar-refractivity contribution in [2.75, 3.05) is 6.61 Å². The van der Waals surface area contributed by atoms with Crippen LogP contribution >= 0.6 is 0 Å². The molecule has 0 amide bonds. The zero-order valence-electron chi connectivity index (χ0n) is 9.33. The van der Waals surface area contributed by atoms with E-state index < -0.39 is 0 Å². The van der Waals surface area contributed by atoms with E-state index in [1.165, 1.54) is 0 Å². The fraction of sp³-hybridized carbons (Fsp3) is 0.833. The van der Waals surface area contributed by atoms with Gasteiger partial charge in [0.1, 0.15) is 0 Å². The molecule has 0 heterocycles. The van der Waals surface area contributed by atoms with Gasteiger partial charge < -0.3 is 9.84 Å². The summed E-state index contributed by atoms with van der Waals surface area (Å²) >= 11 is 0. The Balaban J connectivity index is 2.07. The first-order valence-electron chi connectivity index (χ1n) is 5.55. The lowest BCUT2D eigenvalue weighted by Gasteiger charge is -2.36. The van der Waals surface area contributed by atoms with Crippen molar-refractivity contribution in [1.29, 1.82) is 0 Å². The van der Waals surface area contributed by atoms with Crippen LogP contribution in [0.15, 0.2) is 12.2 Å². The van der Waals surface area contributed by atoms with Gasteiger partial charge in [-0.05, 0) is 45.4 Å². The van der Waals surface area contributed by atoms with Crippen LogP contribution in [0.4, 0.5) is 0 Å². The lowest BCUT2D eigenvalue weighted by Crippen LogP contribution is -2.33. The van der Waals surface area contributed by atoms with Crippen LogP contribution in [0, 0.1) is 5.92 Å². The van der Waals surface area contributed by atoms with Crippen LogP contribution < -0.4 is 0 Å². The quantitative estimate of drug-likeness (QED) is 0.664. The predicted molar refractivity (Wildman–Crippen MR) is 58.2 cm³/mol. The summed E-state index contributed by atoms with van der Waals surface area (Å²) in [6, 6.07) is 0. The smallest absolute Gasteiger partial charge is 0.0580 e. The van der Waals surface area contributed by atoms with Gasteiger partial charge in [-0.3, -0.25) is 0 Å². The molecule has 0 bridgehead atoms. The van der Waals surface area contributed by atoms with E-state index in [2.05, 4.69) is 6.58 Å². The van der Waals surface area contributed by atoms with Crippen LogP contribution in [-0.2, 0) is 4.74 Å². The van der Waals surface area contributed by atoms with Crippen molar-refractivity contribution in [1.82, 2.24) is 0 Å². The molecule has 1 saturated carbocycles. The fourth-order valence-electron chi connectivity index (χ4n) is 2.11. The average Bonchev–Trinajstić information content (AvgIpc) is 1.99. The minimum atomic E-state index is -0.194. The summed E-state index contributed by atoms with van der Waals surface area (Å²) < 4.78 is 5.47. The molecule has 0 aromatic rings. The Labute approximate surface area is 87.0 Å². The van der Waals surface area contributed by atoms with Gasteiger partial charge in [0.05, 0.1) is 12.2 Å². The lowest BCUT2D eigenvalue weighted by molar-refractivity contribution is -0.0375. The zero-order valence-corrected chi connectivity index (χ0v) is 9.33. The highest BCUT2D eigenvalue weighted by Crippen LogP contribution is 2.34. The van der Waals surface area contributed by atoms with E-state index in [0.29, 0.717) is 12.0 Å². The van der Waals surface area contributed by atoms with Crippen molar-refractivity contribution < 1.29 is 9.84 Å². The first-order chi connectivity index (χ1) is 6.61. The van der Waals surface area contributed by atoms with Crippen molar-refractivity contribution >= 4 is 0 Å². The molecule has 1 rings (SSSR count).